The Labute approximate surface area is 173 Å². The molecule has 0 N–H and O–H groups in total. The second-order valence-electron chi connectivity index (χ2n) is 6.76. The Hall–Kier alpha value is -1.90. The monoisotopic (exact) mass is 467 g/mol. The van der Waals surface area contributed by atoms with Crippen molar-refractivity contribution in [3.63, 3.8) is 0 Å². The van der Waals surface area contributed by atoms with Crippen LogP contribution in [0.25, 0.3) is 0 Å². The van der Waals surface area contributed by atoms with Gasteiger partial charge >= 0.3 is 10.1 Å². The molecule has 1 saturated heterocycles. The molecule has 0 aliphatic carbocycles. The van der Waals surface area contributed by atoms with Crippen LogP contribution in [0, 0.1) is 0 Å². The quantitative estimate of drug-likeness (QED) is 0.581. The van der Waals surface area contributed by atoms with Crippen LogP contribution >= 0.6 is 15.9 Å². The van der Waals surface area contributed by atoms with E-state index in [0.717, 1.165) is 35.7 Å². The summed E-state index contributed by atoms with van der Waals surface area (Å²) in [5.41, 5.74) is 1.48. The zero-order valence-electron chi connectivity index (χ0n) is 15.5. The number of hydrogen-bond donors (Lipinski definition) is 0. The minimum atomic E-state index is -3.57. The molecule has 150 valence electrons. The lowest BCUT2D eigenvalue weighted by atomic mass is 10.1. The molecule has 1 atom stereocenters. The van der Waals surface area contributed by atoms with Crippen LogP contribution in [0.3, 0.4) is 0 Å². The minimum absolute atomic E-state index is 0.0314. The lowest BCUT2D eigenvalue weighted by Gasteiger charge is -2.26. The summed E-state index contributed by atoms with van der Waals surface area (Å²) in [5.74, 6) is 0.170. The summed E-state index contributed by atoms with van der Waals surface area (Å²) in [5, 5.41) is 0. The van der Waals surface area contributed by atoms with Crippen LogP contribution in [0.2, 0.25) is 0 Å². The second kappa shape index (κ2) is 9.07. The maximum Gasteiger partial charge on any atom is 0.306 e. The average Bonchev–Trinajstić information content (AvgIpc) is 3.14. The Morgan fingerprint density at radius 3 is 2.61 bits per heavy atom. The summed E-state index contributed by atoms with van der Waals surface area (Å²) in [6.45, 7) is 1.62. The van der Waals surface area contributed by atoms with Gasteiger partial charge in [-0.2, -0.15) is 8.42 Å². The van der Waals surface area contributed by atoms with Crippen molar-refractivity contribution < 1.29 is 22.1 Å². The number of halogens is 1. The van der Waals surface area contributed by atoms with Crippen LogP contribution in [0.15, 0.2) is 53.0 Å². The first-order chi connectivity index (χ1) is 13.3. The Bertz CT molecular complexity index is 924. The first kappa shape index (κ1) is 20.8. The summed E-state index contributed by atoms with van der Waals surface area (Å²) >= 11 is 3.41. The molecule has 0 spiro atoms. The standard InChI is InChI=1S/C20H22BrNO5S/c1-28(24,25)27-18-9-7-15(8-10-18)13-22(14-19-6-3-11-26-19)20(23)16-4-2-5-17(21)12-16/h2,4-5,7-10,12,19H,3,6,11,13-14H2,1H3. The van der Waals surface area contributed by atoms with Crippen molar-refractivity contribution in [1.82, 2.24) is 4.90 Å². The van der Waals surface area contributed by atoms with Gasteiger partial charge in [-0.3, -0.25) is 4.79 Å². The molecule has 28 heavy (non-hydrogen) atoms. The van der Waals surface area contributed by atoms with Gasteiger partial charge in [0.1, 0.15) is 5.75 Å². The number of hydrogen-bond acceptors (Lipinski definition) is 5. The summed E-state index contributed by atoms with van der Waals surface area (Å²) < 4.78 is 33.9. The van der Waals surface area contributed by atoms with Gasteiger partial charge in [0.2, 0.25) is 0 Å². The van der Waals surface area contributed by atoms with E-state index in [9.17, 15) is 13.2 Å². The molecule has 6 nitrogen and oxygen atoms in total. The lowest BCUT2D eigenvalue weighted by molar-refractivity contribution is 0.0507. The van der Waals surface area contributed by atoms with E-state index in [0.29, 0.717) is 18.7 Å². The Kier molecular flexibility index (Phi) is 6.74. The predicted octanol–water partition coefficient (Wildman–Crippen LogP) is 3.61. The highest BCUT2D eigenvalue weighted by Crippen LogP contribution is 2.20. The molecule has 1 aliphatic heterocycles. The fourth-order valence-corrected chi connectivity index (χ4v) is 3.96. The molecule has 0 radical (unpaired) electrons. The van der Waals surface area contributed by atoms with E-state index < -0.39 is 10.1 Å². The average molecular weight is 468 g/mol. The van der Waals surface area contributed by atoms with E-state index in [4.69, 9.17) is 8.92 Å². The summed E-state index contributed by atoms with van der Waals surface area (Å²) in [7, 11) is -3.57. The highest BCUT2D eigenvalue weighted by atomic mass is 79.9. The van der Waals surface area contributed by atoms with Crippen LogP contribution in [0.1, 0.15) is 28.8 Å². The Morgan fingerprint density at radius 1 is 1.25 bits per heavy atom. The predicted molar refractivity (Wildman–Crippen MR) is 110 cm³/mol. The van der Waals surface area contributed by atoms with E-state index in [2.05, 4.69) is 15.9 Å². The van der Waals surface area contributed by atoms with Crippen molar-refractivity contribution in [1.29, 1.82) is 0 Å². The number of nitrogens with zero attached hydrogens (tertiary/aromatic N) is 1. The highest BCUT2D eigenvalue weighted by molar-refractivity contribution is 9.10. The van der Waals surface area contributed by atoms with Crippen LogP contribution < -0.4 is 4.18 Å². The molecular formula is C20H22BrNO5S. The van der Waals surface area contributed by atoms with E-state index in [1.807, 2.05) is 12.1 Å². The second-order valence-corrected chi connectivity index (χ2v) is 9.25. The largest absolute Gasteiger partial charge is 0.383 e. The number of benzene rings is 2. The third kappa shape index (κ3) is 6.05. The van der Waals surface area contributed by atoms with E-state index in [1.54, 1.807) is 41.3 Å². The van der Waals surface area contributed by atoms with Crippen LogP contribution in [-0.2, 0) is 21.4 Å². The molecule has 0 aromatic heterocycles. The maximum absolute atomic E-state index is 13.1. The smallest absolute Gasteiger partial charge is 0.306 e. The number of carbonyl (C=O) groups is 1. The van der Waals surface area contributed by atoms with Gasteiger partial charge in [-0.1, -0.05) is 34.1 Å². The van der Waals surface area contributed by atoms with E-state index >= 15 is 0 Å². The maximum atomic E-state index is 13.1. The van der Waals surface area contributed by atoms with Gasteiger partial charge in [0.15, 0.2) is 0 Å². The van der Waals surface area contributed by atoms with Crippen LogP contribution in [0.5, 0.6) is 5.75 Å². The minimum Gasteiger partial charge on any atom is -0.383 e. The van der Waals surface area contributed by atoms with Crippen molar-refractivity contribution in [2.24, 2.45) is 0 Å². The number of rotatable bonds is 7. The molecule has 1 heterocycles. The Morgan fingerprint density at radius 2 is 2.00 bits per heavy atom. The van der Waals surface area contributed by atoms with Gasteiger partial charge < -0.3 is 13.8 Å². The highest BCUT2D eigenvalue weighted by Gasteiger charge is 2.24. The zero-order valence-corrected chi connectivity index (χ0v) is 17.9. The molecule has 2 aromatic carbocycles. The van der Waals surface area contributed by atoms with Gasteiger partial charge in [0, 0.05) is 29.7 Å². The fourth-order valence-electron chi connectivity index (χ4n) is 3.10. The van der Waals surface area contributed by atoms with E-state index in [1.165, 1.54) is 0 Å². The molecular weight excluding hydrogens is 446 g/mol. The molecule has 2 aromatic rings. The fraction of sp³-hybridized carbons (Fsp3) is 0.350. The molecule has 1 unspecified atom stereocenters. The third-order valence-electron chi connectivity index (χ3n) is 4.35. The molecule has 3 rings (SSSR count). The molecule has 1 aliphatic rings. The Balaban J connectivity index is 1.77. The summed E-state index contributed by atoms with van der Waals surface area (Å²) in [6.07, 6.45) is 2.97. The third-order valence-corrected chi connectivity index (χ3v) is 5.34. The van der Waals surface area contributed by atoms with Gasteiger partial charge in [0.25, 0.3) is 5.91 Å². The van der Waals surface area contributed by atoms with Crippen molar-refractivity contribution in [3.05, 3.63) is 64.1 Å². The SMILES string of the molecule is CS(=O)(=O)Oc1ccc(CN(CC2CCCO2)C(=O)c2cccc(Br)c2)cc1. The van der Waals surface area contributed by atoms with Gasteiger partial charge in [-0.05, 0) is 48.7 Å². The molecule has 1 fully saturated rings. The molecule has 0 saturated carbocycles. The molecule has 8 heteroatoms. The number of amides is 1. The van der Waals surface area contributed by atoms with E-state index in [-0.39, 0.29) is 17.8 Å². The first-order valence-electron chi connectivity index (χ1n) is 8.95. The number of carbonyl (C=O) groups excluding carboxylic acids is 1. The van der Waals surface area contributed by atoms with Crippen molar-refractivity contribution in [3.8, 4) is 5.75 Å². The normalized spacial score (nSPS) is 16.7. The summed E-state index contributed by atoms with van der Waals surface area (Å²) in [4.78, 5) is 14.9. The van der Waals surface area contributed by atoms with Crippen molar-refractivity contribution >= 4 is 32.0 Å². The zero-order chi connectivity index (χ0) is 20.1. The number of ether oxygens (including phenoxy) is 1. The first-order valence-corrected chi connectivity index (χ1v) is 11.6. The van der Waals surface area contributed by atoms with Gasteiger partial charge in [-0.25, -0.2) is 0 Å². The molecule has 0 bridgehead atoms. The van der Waals surface area contributed by atoms with Crippen LogP contribution in [-0.4, -0.2) is 44.7 Å². The van der Waals surface area contributed by atoms with Crippen molar-refractivity contribution in [2.75, 3.05) is 19.4 Å². The lowest BCUT2D eigenvalue weighted by Crippen LogP contribution is -2.37. The summed E-state index contributed by atoms with van der Waals surface area (Å²) in [6, 6.07) is 14.0. The topological polar surface area (TPSA) is 72.9 Å². The van der Waals surface area contributed by atoms with Crippen LogP contribution in [0.4, 0.5) is 0 Å². The van der Waals surface area contributed by atoms with Crippen molar-refractivity contribution in [2.45, 2.75) is 25.5 Å². The van der Waals surface area contributed by atoms with Gasteiger partial charge in [0.05, 0.1) is 12.4 Å². The molecule has 1 amide bonds. The van der Waals surface area contributed by atoms with Gasteiger partial charge in [-0.15, -0.1) is 0 Å².